The minimum Gasteiger partial charge on any atom is -0.491 e. The van der Waals surface area contributed by atoms with E-state index in [-0.39, 0.29) is 18.9 Å². The molecule has 0 aliphatic carbocycles. The molecule has 0 aliphatic heterocycles. The van der Waals surface area contributed by atoms with Crippen molar-refractivity contribution in [2.45, 2.75) is 32.5 Å². The predicted octanol–water partition coefficient (Wildman–Crippen LogP) is 2.03. The van der Waals surface area contributed by atoms with Crippen molar-refractivity contribution in [1.29, 1.82) is 5.26 Å². The van der Waals surface area contributed by atoms with Crippen LogP contribution in [0.5, 0.6) is 5.75 Å². The molecule has 0 fully saturated rings. The Bertz CT molecular complexity index is 412. The number of ether oxygens (including phenoxy) is 1. The van der Waals surface area contributed by atoms with Crippen LogP contribution in [0, 0.1) is 17.2 Å². The zero-order valence-electron chi connectivity index (χ0n) is 10.7. The number of aliphatic hydroxyl groups is 2. The first-order chi connectivity index (χ1) is 8.54. The van der Waals surface area contributed by atoms with Gasteiger partial charge in [-0.3, -0.25) is 0 Å². The molecule has 4 heteroatoms. The molecule has 18 heavy (non-hydrogen) atoms. The minimum atomic E-state index is -0.798. The molecule has 0 aliphatic rings. The van der Waals surface area contributed by atoms with Crippen LogP contribution in [0.4, 0.5) is 0 Å². The molecule has 0 bridgehead atoms. The Morgan fingerprint density at radius 1 is 1.33 bits per heavy atom. The van der Waals surface area contributed by atoms with E-state index in [9.17, 15) is 10.2 Å². The van der Waals surface area contributed by atoms with Gasteiger partial charge in [-0.2, -0.15) is 5.26 Å². The Balaban J connectivity index is 2.63. The fraction of sp³-hybridized carbons (Fsp3) is 0.500. The summed E-state index contributed by atoms with van der Waals surface area (Å²) in [5.74, 6) is 0.724. The van der Waals surface area contributed by atoms with Gasteiger partial charge in [-0.05, 0) is 23.6 Å². The Morgan fingerprint density at radius 2 is 2.06 bits per heavy atom. The van der Waals surface area contributed by atoms with Gasteiger partial charge in [0.1, 0.15) is 12.4 Å². The molecule has 0 heterocycles. The fourth-order valence-corrected chi connectivity index (χ4v) is 1.39. The van der Waals surface area contributed by atoms with E-state index in [2.05, 4.69) is 0 Å². The van der Waals surface area contributed by atoms with Gasteiger partial charge in [-0.1, -0.05) is 26.0 Å². The van der Waals surface area contributed by atoms with Crippen LogP contribution in [0.15, 0.2) is 24.3 Å². The standard InChI is InChI=1S/C14H19NO3/c1-10(2)14(17)9-18-12-5-3-4-11(8-12)13(16)6-7-15/h3-5,8,10,13-14,16-17H,6,9H2,1-2H3. The smallest absolute Gasteiger partial charge is 0.119 e. The third kappa shape index (κ3) is 4.36. The molecule has 2 atom stereocenters. The van der Waals surface area contributed by atoms with Gasteiger partial charge in [-0.25, -0.2) is 0 Å². The van der Waals surface area contributed by atoms with Crippen molar-refractivity contribution in [3.8, 4) is 11.8 Å². The molecule has 1 aromatic rings. The topological polar surface area (TPSA) is 73.5 Å². The Kier molecular flexibility index (Phi) is 5.63. The summed E-state index contributed by atoms with van der Waals surface area (Å²) in [6.07, 6.45) is -1.26. The average Bonchev–Trinajstić information content (AvgIpc) is 2.36. The molecule has 1 aromatic carbocycles. The van der Waals surface area contributed by atoms with E-state index in [4.69, 9.17) is 10.00 Å². The van der Waals surface area contributed by atoms with Crippen molar-refractivity contribution >= 4 is 0 Å². The highest BCUT2D eigenvalue weighted by Gasteiger charge is 2.11. The van der Waals surface area contributed by atoms with Crippen LogP contribution in [0.2, 0.25) is 0 Å². The molecule has 0 aromatic heterocycles. The Morgan fingerprint density at radius 3 is 2.67 bits per heavy atom. The summed E-state index contributed by atoms with van der Waals surface area (Å²) in [6.45, 7) is 4.05. The molecule has 4 nitrogen and oxygen atoms in total. The zero-order valence-corrected chi connectivity index (χ0v) is 10.7. The largest absolute Gasteiger partial charge is 0.491 e. The van der Waals surface area contributed by atoms with Crippen molar-refractivity contribution in [2.75, 3.05) is 6.61 Å². The summed E-state index contributed by atoms with van der Waals surface area (Å²) in [4.78, 5) is 0. The SMILES string of the molecule is CC(C)C(O)COc1cccc(C(O)CC#N)c1. The monoisotopic (exact) mass is 249 g/mol. The van der Waals surface area contributed by atoms with E-state index in [1.807, 2.05) is 19.9 Å². The number of nitriles is 1. The quantitative estimate of drug-likeness (QED) is 0.809. The number of hydrogen-bond donors (Lipinski definition) is 2. The maximum atomic E-state index is 9.68. The second kappa shape index (κ2) is 7.00. The van der Waals surface area contributed by atoms with Crippen LogP contribution >= 0.6 is 0 Å². The third-order valence-corrected chi connectivity index (χ3v) is 2.72. The number of rotatable bonds is 6. The van der Waals surface area contributed by atoms with Gasteiger partial charge in [0, 0.05) is 0 Å². The highest BCUT2D eigenvalue weighted by molar-refractivity contribution is 5.30. The summed E-state index contributed by atoms with van der Waals surface area (Å²) in [5, 5.41) is 27.8. The van der Waals surface area contributed by atoms with Crippen LogP contribution in [-0.2, 0) is 0 Å². The summed E-state index contributed by atoms with van der Waals surface area (Å²) < 4.78 is 5.45. The van der Waals surface area contributed by atoms with Gasteiger partial charge in [0.05, 0.1) is 24.7 Å². The normalized spacial score (nSPS) is 14.0. The number of benzene rings is 1. The summed E-state index contributed by atoms with van der Waals surface area (Å²) in [6, 6.07) is 8.87. The minimum absolute atomic E-state index is 0.0536. The van der Waals surface area contributed by atoms with E-state index in [1.54, 1.807) is 24.3 Å². The van der Waals surface area contributed by atoms with Crippen LogP contribution in [0.3, 0.4) is 0 Å². The van der Waals surface area contributed by atoms with Crippen LogP contribution in [0.1, 0.15) is 31.9 Å². The van der Waals surface area contributed by atoms with E-state index >= 15 is 0 Å². The molecule has 0 spiro atoms. The molecule has 0 radical (unpaired) electrons. The molecular formula is C14H19NO3. The molecule has 0 saturated carbocycles. The van der Waals surface area contributed by atoms with Crippen LogP contribution in [-0.4, -0.2) is 22.9 Å². The first kappa shape index (κ1) is 14.5. The van der Waals surface area contributed by atoms with Gasteiger partial charge < -0.3 is 14.9 Å². The first-order valence-electron chi connectivity index (χ1n) is 6.00. The molecule has 2 unspecified atom stereocenters. The highest BCUT2D eigenvalue weighted by atomic mass is 16.5. The van der Waals surface area contributed by atoms with E-state index in [0.717, 1.165) is 0 Å². The zero-order chi connectivity index (χ0) is 13.5. The lowest BCUT2D eigenvalue weighted by Gasteiger charge is -2.16. The van der Waals surface area contributed by atoms with Gasteiger partial charge in [0.25, 0.3) is 0 Å². The maximum Gasteiger partial charge on any atom is 0.119 e. The third-order valence-electron chi connectivity index (χ3n) is 2.72. The van der Waals surface area contributed by atoms with Crippen molar-refractivity contribution in [2.24, 2.45) is 5.92 Å². The van der Waals surface area contributed by atoms with Crippen molar-refractivity contribution in [3.05, 3.63) is 29.8 Å². The molecular weight excluding hydrogens is 230 g/mol. The van der Waals surface area contributed by atoms with E-state index < -0.39 is 12.2 Å². The van der Waals surface area contributed by atoms with Gasteiger partial charge >= 0.3 is 0 Å². The molecule has 0 amide bonds. The lowest BCUT2D eigenvalue weighted by Crippen LogP contribution is -2.23. The maximum absolute atomic E-state index is 9.68. The second-order valence-corrected chi connectivity index (χ2v) is 4.57. The lowest BCUT2D eigenvalue weighted by molar-refractivity contribution is 0.0700. The van der Waals surface area contributed by atoms with Crippen molar-refractivity contribution in [3.63, 3.8) is 0 Å². The molecule has 0 saturated heterocycles. The molecule has 98 valence electrons. The first-order valence-corrected chi connectivity index (χ1v) is 6.00. The number of aliphatic hydroxyl groups excluding tert-OH is 2. The highest BCUT2D eigenvalue weighted by Crippen LogP contribution is 2.21. The second-order valence-electron chi connectivity index (χ2n) is 4.57. The van der Waals surface area contributed by atoms with E-state index in [1.165, 1.54) is 0 Å². The van der Waals surface area contributed by atoms with Crippen LogP contribution in [0.25, 0.3) is 0 Å². The van der Waals surface area contributed by atoms with Crippen molar-refractivity contribution in [1.82, 2.24) is 0 Å². The fourth-order valence-electron chi connectivity index (χ4n) is 1.39. The molecule has 2 N–H and O–H groups in total. The number of nitrogens with zero attached hydrogens (tertiary/aromatic N) is 1. The Hall–Kier alpha value is -1.57. The summed E-state index contributed by atoms with van der Waals surface area (Å²) in [7, 11) is 0. The number of hydrogen-bond acceptors (Lipinski definition) is 4. The van der Waals surface area contributed by atoms with Gasteiger partial charge in [0.2, 0.25) is 0 Å². The Labute approximate surface area is 107 Å². The molecule has 1 rings (SSSR count). The predicted molar refractivity (Wildman–Crippen MR) is 68.0 cm³/mol. The van der Waals surface area contributed by atoms with E-state index in [0.29, 0.717) is 11.3 Å². The summed E-state index contributed by atoms with van der Waals surface area (Å²) in [5.41, 5.74) is 0.646. The average molecular weight is 249 g/mol. The van der Waals surface area contributed by atoms with Gasteiger partial charge in [0.15, 0.2) is 0 Å². The lowest BCUT2D eigenvalue weighted by atomic mass is 10.1. The van der Waals surface area contributed by atoms with Crippen LogP contribution < -0.4 is 4.74 Å². The van der Waals surface area contributed by atoms with Crippen molar-refractivity contribution < 1.29 is 14.9 Å². The summed E-state index contributed by atoms with van der Waals surface area (Å²) >= 11 is 0. The van der Waals surface area contributed by atoms with Gasteiger partial charge in [-0.15, -0.1) is 0 Å².